The van der Waals surface area contributed by atoms with Crippen molar-refractivity contribution in [2.24, 2.45) is 0 Å². The summed E-state index contributed by atoms with van der Waals surface area (Å²) in [4.78, 5) is 7.79. The Morgan fingerprint density at radius 1 is 1.05 bits per heavy atom. The second-order valence-electron chi connectivity index (χ2n) is 3.56. The van der Waals surface area contributed by atoms with Crippen LogP contribution < -0.4 is 5.32 Å². The zero-order chi connectivity index (χ0) is 13.4. The van der Waals surface area contributed by atoms with Crippen LogP contribution in [-0.4, -0.2) is 25.4 Å². The summed E-state index contributed by atoms with van der Waals surface area (Å²) < 4.78 is 4.46. The summed E-state index contributed by atoms with van der Waals surface area (Å²) in [5.74, 6) is -0.212. The van der Waals surface area contributed by atoms with Crippen molar-refractivity contribution >= 4 is 46.0 Å². The number of aromatic hydroxyl groups is 1. The van der Waals surface area contributed by atoms with E-state index < -0.39 is 0 Å². The van der Waals surface area contributed by atoms with E-state index >= 15 is 0 Å². The first-order valence-corrected chi connectivity index (χ1v) is 5.80. The molecule has 0 spiro atoms. The van der Waals surface area contributed by atoms with Crippen molar-refractivity contribution in [3.8, 4) is 5.88 Å². The summed E-state index contributed by atoms with van der Waals surface area (Å²) in [7, 11) is 0. The number of benzene rings is 1. The van der Waals surface area contributed by atoms with Gasteiger partial charge in [-0.1, -0.05) is 23.2 Å². The maximum Gasteiger partial charge on any atom is 0.257 e. The van der Waals surface area contributed by atoms with E-state index in [1.807, 2.05) is 0 Å². The monoisotopic (exact) mass is 297 g/mol. The van der Waals surface area contributed by atoms with Gasteiger partial charge in [-0.05, 0) is 28.5 Å². The van der Waals surface area contributed by atoms with Gasteiger partial charge in [0, 0.05) is 5.69 Å². The zero-order valence-electron chi connectivity index (χ0n) is 9.13. The van der Waals surface area contributed by atoms with Crippen molar-refractivity contribution in [3.05, 3.63) is 28.2 Å². The van der Waals surface area contributed by atoms with Crippen LogP contribution >= 0.6 is 23.2 Å². The molecule has 2 heterocycles. The first-order valence-electron chi connectivity index (χ1n) is 5.05. The molecule has 0 bridgehead atoms. The molecule has 0 saturated carbocycles. The van der Waals surface area contributed by atoms with E-state index in [9.17, 15) is 5.11 Å². The van der Waals surface area contributed by atoms with Gasteiger partial charge >= 0.3 is 0 Å². The highest BCUT2D eigenvalue weighted by Crippen LogP contribution is 2.29. The molecule has 1 aromatic carbocycles. The molecular formula is C10H5Cl2N5O2. The molecule has 96 valence electrons. The highest BCUT2D eigenvalue weighted by molar-refractivity contribution is 6.42. The number of hydrogen-bond acceptors (Lipinski definition) is 7. The van der Waals surface area contributed by atoms with Gasteiger partial charge in [-0.15, -0.1) is 0 Å². The fourth-order valence-corrected chi connectivity index (χ4v) is 1.72. The minimum Gasteiger partial charge on any atom is -0.491 e. The number of anilines is 2. The molecule has 0 aliphatic rings. The van der Waals surface area contributed by atoms with Crippen LogP contribution in [0.5, 0.6) is 5.88 Å². The Bertz CT molecular complexity index is 761. The van der Waals surface area contributed by atoms with Gasteiger partial charge in [0.1, 0.15) is 0 Å². The summed E-state index contributed by atoms with van der Waals surface area (Å²) in [6, 6.07) is 4.89. The van der Waals surface area contributed by atoms with Crippen molar-refractivity contribution in [1.82, 2.24) is 20.3 Å². The Labute approximate surface area is 116 Å². The van der Waals surface area contributed by atoms with Crippen LogP contribution in [0.3, 0.4) is 0 Å². The highest BCUT2D eigenvalue weighted by atomic mass is 35.5. The number of rotatable bonds is 2. The average Bonchev–Trinajstić information content (AvgIpc) is 2.81. The van der Waals surface area contributed by atoms with Gasteiger partial charge in [-0.25, -0.2) is 4.63 Å². The molecule has 0 fully saturated rings. The van der Waals surface area contributed by atoms with E-state index in [1.54, 1.807) is 18.2 Å². The number of nitrogens with one attached hydrogen (secondary N) is 1. The predicted molar refractivity (Wildman–Crippen MR) is 68.8 cm³/mol. The lowest BCUT2D eigenvalue weighted by atomic mass is 10.3. The normalized spacial score (nSPS) is 10.8. The average molecular weight is 298 g/mol. The third kappa shape index (κ3) is 2.25. The summed E-state index contributed by atoms with van der Waals surface area (Å²) in [5.41, 5.74) is 0.896. The van der Waals surface area contributed by atoms with Crippen LogP contribution in [0.15, 0.2) is 22.8 Å². The third-order valence-electron chi connectivity index (χ3n) is 2.28. The lowest BCUT2D eigenvalue weighted by Crippen LogP contribution is -1.96. The maximum atomic E-state index is 9.71. The smallest absolute Gasteiger partial charge is 0.257 e. The lowest BCUT2D eigenvalue weighted by Gasteiger charge is -2.07. The molecule has 0 saturated heterocycles. The van der Waals surface area contributed by atoms with Gasteiger partial charge in [0.25, 0.3) is 5.88 Å². The Hall–Kier alpha value is -2.12. The quantitative estimate of drug-likeness (QED) is 0.750. The minimum absolute atomic E-state index is 0.113. The summed E-state index contributed by atoms with van der Waals surface area (Å²) >= 11 is 11.7. The van der Waals surface area contributed by atoms with Crippen molar-refractivity contribution in [1.29, 1.82) is 0 Å². The van der Waals surface area contributed by atoms with Crippen molar-refractivity contribution in [2.45, 2.75) is 0 Å². The highest BCUT2D eigenvalue weighted by Gasteiger charge is 2.12. The first-order chi connectivity index (χ1) is 9.13. The van der Waals surface area contributed by atoms with Gasteiger partial charge in [0.15, 0.2) is 5.82 Å². The van der Waals surface area contributed by atoms with Gasteiger partial charge in [-0.3, -0.25) is 0 Å². The molecule has 0 amide bonds. The molecule has 0 aliphatic heterocycles. The third-order valence-corrected chi connectivity index (χ3v) is 3.02. The molecule has 0 aliphatic carbocycles. The van der Waals surface area contributed by atoms with Gasteiger partial charge in [-0.2, -0.15) is 9.97 Å². The summed E-state index contributed by atoms with van der Waals surface area (Å²) in [6.07, 6.45) is 0. The molecular weight excluding hydrogens is 293 g/mol. The molecule has 2 N–H and O–H groups in total. The van der Waals surface area contributed by atoms with Crippen LogP contribution in [0, 0.1) is 0 Å². The van der Waals surface area contributed by atoms with Crippen molar-refractivity contribution < 1.29 is 9.74 Å². The number of halogens is 2. The summed E-state index contributed by atoms with van der Waals surface area (Å²) in [5, 5.41) is 20.4. The maximum absolute atomic E-state index is 9.71. The van der Waals surface area contributed by atoms with Crippen LogP contribution in [-0.2, 0) is 0 Å². The number of hydrogen-bond donors (Lipinski definition) is 2. The Morgan fingerprint density at radius 2 is 1.79 bits per heavy atom. The number of nitrogens with zero attached hydrogens (tertiary/aromatic N) is 4. The topological polar surface area (TPSA) is 97.0 Å². The summed E-state index contributed by atoms with van der Waals surface area (Å²) in [6.45, 7) is 0. The molecule has 9 heteroatoms. The first kappa shape index (κ1) is 11.9. The van der Waals surface area contributed by atoms with Crippen LogP contribution in [0.2, 0.25) is 10.0 Å². The Morgan fingerprint density at radius 3 is 2.53 bits per heavy atom. The second-order valence-corrected chi connectivity index (χ2v) is 4.38. The Kier molecular flexibility index (Phi) is 2.84. The SMILES string of the molecule is Oc1nc2nonc2nc1Nc1ccc(Cl)c(Cl)c1. The van der Waals surface area contributed by atoms with Crippen LogP contribution in [0.4, 0.5) is 11.5 Å². The molecule has 19 heavy (non-hydrogen) atoms. The van der Waals surface area contributed by atoms with Gasteiger partial charge in [0.2, 0.25) is 11.3 Å². The van der Waals surface area contributed by atoms with Crippen LogP contribution in [0.1, 0.15) is 0 Å². The van der Waals surface area contributed by atoms with Gasteiger partial charge in [0.05, 0.1) is 10.0 Å². The van der Waals surface area contributed by atoms with E-state index in [0.717, 1.165) is 0 Å². The van der Waals surface area contributed by atoms with Gasteiger partial charge < -0.3 is 10.4 Å². The standard InChI is InChI=1S/C10H5Cl2N5O2/c11-5-2-1-4(3-6(5)12)13-9-10(18)15-8-7(14-9)16-19-17-8/h1-3H,(H,13,14,16)(H,15,17,18). The second kappa shape index (κ2) is 4.52. The zero-order valence-corrected chi connectivity index (χ0v) is 10.6. The van der Waals surface area contributed by atoms with E-state index in [0.29, 0.717) is 15.7 Å². The number of fused-ring (bicyclic) bond motifs is 1. The molecule has 2 aromatic heterocycles. The molecule has 3 rings (SSSR count). The molecule has 7 nitrogen and oxygen atoms in total. The lowest BCUT2D eigenvalue weighted by molar-refractivity contribution is 0.314. The van der Waals surface area contributed by atoms with Crippen molar-refractivity contribution in [2.75, 3.05) is 5.32 Å². The fraction of sp³-hybridized carbons (Fsp3) is 0. The Balaban J connectivity index is 1.99. The largest absolute Gasteiger partial charge is 0.491 e. The molecule has 0 radical (unpaired) electrons. The predicted octanol–water partition coefficient (Wildman–Crippen LogP) is 2.77. The number of aromatic nitrogens is 4. The fourth-order valence-electron chi connectivity index (χ4n) is 1.42. The van der Waals surface area contributed by atoms with Crippen LogP contribution in [0.25, 0.3) is 11.3 Å². The van der Waals surface area contributed by atoms with E-state index in [2.05, 4.69) is 30.2 Å². The van der Waals surface area contributed by atoms with Crippen molar-refractivity contribution in [3.63, 3.8) is 0 Å². The minimum atomic E-state index is -0.325. The van der Waals surface area contributed by atoms with E-state index in [4.69, 9.17) is 23.2 Å². The van der Waals surface area contributed by atoms with E-state index in [1.165, 1.54) is 0 Å². The molecule has 3 aromatic rings. The van der Waals surface area contributed by atoms with E-state index in [-0.39, 0.29) is 23.0 Å². The molecule has 0 atom stereocenters. The molecule has 0 unspecified atom stereocenters.